The van der Waals surface area contributed by atoms with Crippen LogP contribution in [-0.4, -0.2) is 31.4 Å². The molecule has 1 N–H and O–H groups in total. The Bertz CT molecular complexity index is 1000. The number of methoxy groups -OCH3 is 1. The summed E-state index contributed by atoms with van der Waals surface area (Å²) >= 11 is 12.7. The molecule has 0 heterocycles. The van der Waals surface area contributed by atoms with Crippen molar-refractivity contribution in [2.45, 2.75) is 25.7 Å². The van der Waals surface area contributed by atoms with E-state index in [9.17, 15) is 14.4 Å². The van der Waals surface area contributed by atoms with Gasteiger partial charge in [-0.1, -0.05) is 35.3 Å². The molecular formula is C21H19Cl2NO5. The highest BCUT2D eigenvalue weighted by atomic mass is 35.5. The molecule has 0 bridgehead atoms. The van der Waals surface area contributed by atoms with Gasteiger partial charge in [-0.3, -0.25) is 9.59 Å². The van der Waals surface area contributed by atoms with Gasteiger partial charge in [0, 0.05) is 18.2 Å². The van der Waals surface area contributed by atoms with Gasteiger partial charge in [0.15, 0.2) is 12.4 Å². The van der Waals surface area contributed by atoms with Crippen LogP contribution in [0.15, 0.2) is 30.3 Å². The predicted octanol–water partition coefficient (Wildman–Crippen LogP) is 4.20. The summed E-state index contributed by atoms with van der Waals surface area (Å²) in [5.74, 6) is -0.655. The lowest BCUT2D eigenvalue weighted by Crippen LogP contribution is -2.29. The molecule has 29 heavy (non-hydrogen) atoms. The van der Waals surface area contributed by atoms with Gasteiger partial charge in [-0.15, -0.1) is 0 Å². The summed E-state index contributed by atoms with van der Waals surface area (Å²) in [6.07, 6.45) is 0.395. The number of hydrogen-bond donors (Lipinski definition) is 1. The summed E-state index contributed by atoms with van der Waals surface area (Å²) in [7, 11) is 1.25. The Labute approximate surface area is 178 Å². The topological polar surface area (TPSA) is 81.7 Å². The van der Waals surface area contributed by atoms with Crippen molar-refractivity contribution in [3.8, 4) is 5.75 Å². The summed E-state index contributed by atoms with van der Waals surface area (Å²) in [5.41, 5.74) is 1.64. The molecule has 6 nitrogen and oxygen atoms in total. The second-order valence-electron chi connectivity index (χ2n) is 7.00. The number of fused-ring (bicyclic) bond motifs is 1. The van der Waals surface area contributed by atoms with Crippen LogP contribution in [0, 0.1) is 0 Å². The van der Waals surface area contributed by atoms with Gasteiger partial charge < -0.3 is 14.8 Å². The molecule has 2 aromatic carbocycles. The van der Waals surface area contributed by atoms with Gasteiger partial charge in [-0.05, 0) is 42.7 Å². The van der Waals surface area contributed by atoms with E-state index in [1.165, 1.54) is 14.0 Å². The fourth-order valence-corrected chi connectivity index (χ4v) is 3.94. The van der Waals surface area contributed by atoms with Gasteiger partial charge in [0.05, 0.1) is 17.5 Å². The van der Waals surface area contributed by atoms with Crippen molar-refractivity contribution in [1.82, 2.24) is 0 Å². The molecule has 1 aliphatic rings. The van der Waals surface area contributed by atoms with Crippen LogP contribution in [0.1, 0.15) is 35.3 Å². The molecule has 0 saturated heterocycles. The molecule has 3 rings (SSSR count). The Morgan fingerprint density at radius 3 is 2.41 bits per heavy atom. The summed E-state index contributed by atoms with van der Waals surface area (Å²) in [6, 6.07) is 8.75. The van der Waals surface area contributed by atoms with Crippen LogP contribution < -0.4 is 10.1 Å². The third-order valence-corrected chi connectivity index (χ3v) is 5.79. The minimum Gasteiger partial charge on any atom is -0.480 e. The van der Waals surface area contributed by atoms with E-state index in [1.54, 1.807) is 30.3 Å². The molecule has 2 aromatic rings. The lowest BCUT2D eigenvalue weighted by atomic mass is 9.79. The number of hydrogen-bond acceptors (Lipinski definition) is 5. The fraction of sp³-hybridized carbons (Fsp3) is 0.286. The molecule has 1 aliphatic carbocycles. The van der Waals surface area contributed by atoms with Crippen molar-refractivity contribution in [2.24, 2.45) is 0 Å². The third-order valence-electron chi connectivity index (χ3n) is 4.94. The molecule has 1 atom stereocenters. The maximum atomic E-state index is 13.3. The SMILES string of the molecule is COC(=O)COc1cc2c(c(Cl)c1Cl)C(=O)C(C)(c1ccc(NC(C)=O)cc1)C2. The summed E-state index contributed by atoms with van der Waals surface area (Å²) < 4.78 is 9.97. The van der Waals surface area contributed by atoms with Crippen molar-refractivity contribution in [3.05, 3.63) is 57.1 Å². The Morgan fingerprint density at radius 2 is 1.83 bits per heavy atom. The van der Waals surface area contributed by atoms with Gasteiger partial charge >= 0.3 is 5.97 Å². The maximum Gasteiger partial charge on any atom is 0.343 e. The molecule has 0 radical (unpaired) electrons. The quantitative estimate of drug-likeness (QED) is 0.711. The number of rotatable bonds is 5. The number of nitrogens with one attached hydrogen (secondary N) is 1. The molecule has 0 aromatic heterocycles. The van der Waals surface area contributed by atoms with Crippen LogP contribution in [0.25, 0.3) is 0 Å². The van der Waals surface area contributed by atoms with E-state index in [4.69, 9.17) is 27.9 Å². The van der Waals surface area contributed by atoms with Crippen LogP contribution in [0.3, 0.4) is 0 Å². The molecule has 8 heteroatoms. The lowest BCUT2D eigenvalue weighted by molar-refractivity contribution is -0.142. The van der Waals surface area contributed by atoms with Gasteiger partial charge in [-0.2, -0.15) is 0 Å². The van der Waals surface area contributed by atoms with Crippen LogP contribution in [0.2, 0.25) is 10.0 Å². The highest BCUT2D eigenvalue weighted by molar-refractivity contribution is 6.45. The number of carbonyl (C=O) groups excluding carboxylic acids is 3. The molecule has 152 valence electrons. The average Bonchev–Trinajstić information content (AvgIpc) is 2.94. The van der Waals surface area contributed by atoms with E-state index in [2.05, 4.69) is 10.1 Å². The monoisotopic (exact) mass is 435 g/mol. The Morgan fingerprint density at radius 1 is 1.17 bits per heavy atom. The van der Waals surface area contributed by atoms with Crippen LogP contribution >= 0.6 is 23.2 Å². The molecule has 1 amide bonds. The maximum absolute atomic E-state index is 13.3. The van der Waals surface area contributed by atoms with Crippen molar-refractivity contribution < 1.29 is 23.9 Å². The van der Waals surface area contributed by atoms with Gasteiger partial charge in [0.25, 0.3) is 0 Å². The number of amides is 1. The van der Waals surface area contributed by atoms with E-state index in [0.717, 1.165) is 5.56 Å². The zero-order valence-corrected chi connectivity index (χ0v) is 17.6. The Hall–Kier alpha value is -2.57. The van der Waals surface area contributed by atoms with Crippen LogP contribution in [-0.2, 0) is 26.2 Å². The molecule has 0 fully saturated rings. The normalized spacial score (nSPS) is 17.6. The number of esters is 1. The molecule has 0 aliphatic heterocycles. The summed E-state index contributed by atoms with van der Waals surface area (Å²) in [4.78, 5) is 35.8. The van der Waals surface area contributed by atoms with E-state index >= 15 is 0 Å². The fourth-order valence-electron chi connectivity index (χ4n) is 3.43. The van der Waals surface area contributed by atoms with E-state index in [-0.39, 0.29) is 34.1 Å². The number of carbonyl (C=O) groups is 3. The van der Waals surface area contributed by atoms with E-state index < -0.39 is 11.4 Å². The largest absolute Gasteiger partial charge is 0.480 e. The Kier molecular flexibility index (Phi) is 5.87. The second-order valence-corrected chi connectivity index (χ2v) is 7.75. The van der Waals surface area contributed by atoms with E-state index in [1.807, 2.05) is 6.92 Å². The van der Waals surface area contributed by atoms with Crippen molar-refractivity contribution in [3.63, 3.8) is 0 Å². The molecular weight excluding hydrogens is 417 g/mol. The number of ether oxygens (including phenoxy) is 2. The zero-order chi connectivity index (χ0) is 21.3. The molecule has 0 spiro atoms. The lowest BCUT2D eigenvalue weighted by Gasteiger charge is -2.23. The minimum atomic E-state index is -0.842. The standard InChI is InChI=1S/C21H19Cl2NO5/c1-11(25)24-14-6-4-13(5-7-14)21(2)9-12-8-15(29-10-16(26)28-3)18(22)19(23)17(12)20(21)27/h4-8H,9-10H2,1-3H3,(H,24,25). The first-order valence-electron chi connectivity index (χ1n) is 8.80. The number of halogens is 2. The highest BCUT2D eigenvalue weighted by Gasteiger charge is 2.45. The smallest absolute Gasteiger partial charge is 0.343 e. The van der Waals surface area contributed by atoms with Crippen molar-refractivity contribution in [2.75, 3.05) is 19.0 Å². The van der Waals surface area contributed by atoms with Crippen molar-refractivity contribution in [1.29, 1.82) is 0 Å². The molecule has 1 unspecified atom stereocenters. The van der Waals surface area contributed by atoms with Gasteiger partial charge in [0.2, 0.25) is 5.91 Å². The minimum absolute atomic E-state index is 0.0768. The first-order chi connectivity index (χ1) is 13.7. The van der Waals surface area contributed by atoms with Crippen molar-refractivity contribution >= 4 is 46.5 Å². The van der Waals surface area contributed by atoms with E-state index in [0.29, 0.717) is 23.2 Å². The van der Waals surface area contributed by atoms with Gasteiger partial charge in [-0.25, -0.2) is 4.79 Å². The zero-order valence-electron chi connectivity index (χ0n) is 16.1. The number of benzene rings is 2. The van der Waals surface area contributed by atoms with Crippen LogP contribution in [0.5, 0.6) is 5.75 Å². The highest BCUT2D eigenvalue weighted by Crippen LogP contribution is 2.47. The molecule has 0 saturated carbocycles. The van der Waals surface area contributed by atoms with Crippen LogP contribution in [0.4, 0.5) is 5.69 Å². The van der Waals surface area contributed by atoms with Gasteiger partial charge in [0.1, 0.15) is 10.8 Å². The second kappa shape index (κ2) is 8.05. The predicted molar refractivity (Wildman–Crippen MR) is 110 cm³/mol. The first kappa shape index (κ1) is 21.1. The summed E-state index contributed by atoms with van der Waals surface area (Å²) in [5, 5.41) is 2.88. The average molecular weight is 436 g/mol. The first-order valence-corrected chi connectivity index (χ1v) is 9.56. The Balaban J connectivity index is 1.94. The third kappa shape index (κ3) is 3.95. The number of Topliss-reactive ketones (excluding diaryl/α,β-unsaturated/α-hetero) is 1. The number of anilines is 1. The number of ketones is 1. The summed E-state index contributed by atoms with van der Waals surface area (Å²) in [6.45, 7) is 2.95.